The van der Waals surface area contributed by atoms with Gasteiger partial charge in [-0.1, -0.05) is 37.3 Å². The van der Waals surface area contributed by atoms with Crippen LogP contribution < -0.4 is 10.5 Å². The molecule has 0 saturated carbocycles. The Morgan fingerprint density at radius 2 is 1.75 bits per heavy atom. The van der Waals surface area contributed by atoms with Crippen LogP contribution in [0, 0.1) is 11.6 Å². The molecular weight excluding hydrogens is 260 g/mol. The van der Waals surface area contributed by atoms with E-state index in [4.69, 9.17) is 10.5 Å². The van der Waals surface area contributed by atoms with Crippen molar-refractivity contribution >= 4 is 0 Å². The van der Waals surface area contributed by atoms with Gasteiger partial charge >= 0.3 is 0 Å². The fraction of sp³-hybridized carbons (Fsp3) is 0.250. The molecule has 0 saturated heterocycles. The van der Waals surface area contributed by atoms with Crippen molar-refractivity contribution in [2.75, 3.05) is 6.61 Å². The molecular formula is C16H17F2NO. The summed E-state index contributed by atoms with van der Waals surface area (Å²) in [5, 5.41) is 0. The highest BCUT2D eigenvalue weighted by Gasteiger charge is 2.19. The van der Waals surface area contributed by atoms with E-state index in [0.717, 1.165) is 12.5 Å². The fourth-order valence-electron chi connectivity index (χ4n) is 2.01. The van der Waals surface area contributed by atoms with E-state index in [1.807, 2.05) is 13.0 Å². The van der Waals surface area contributed by atoms with E-state index in [0.29, 0.717) is 17.9 Å². The number of rotatable bonds is 5. The molecule has 2 aromatic rings. The Balaban J connectivity index is 2.38. The molecule has 0 aliphatic rings. The molecule has 0 spiro atoms. The van der Waals surface area contributed by atoms with Gasteiger partial charge in [0.2, 0.25) is 0 Å². The first-order valence-electron chi connectivity index (χ1n) is 6.56. The Hall–Kier alpha value is -1.94. The van der Waals surface area contributed by atoms with Crippen LogP contribution in [0.25, 0.3) is 0 Å². The summed E-state index contributed by atoms with van der Waals surface area (Å²) in [5.41, 5.74) is 6.84. The minimum absolute atomic E-state index is 0.123. The smallest absolute Gasteiger partial charge is 0.163 e. The molecule has 2 N–H and O–H groups in total. The normalized spacial score (nSPS) is 12.2. The Morgan fingerprint density at radius 3 is 2.50 bits per heavy atom. The average Bonchev–Trinajstić information content (AvgIpc) is 2.47. The Bertz CT molecular complexity index is 586. The van der Waals surface area contributed by atoms with Crippen LogP contribution in [-0.4, -0.2) is 6.61 Å². The topological polar surface area (TPSA) is 35.2 Å². The first kappa shape index (κ1) is 14.5. The lowest BCUT2D eigenvalue weighted by Gasteiger charge is -2.17. The summed E-state index contributed by atoms with van der Waals surface area (Å²) in [6.45, 7) is 2.55. The van der Waals surface area contributed by atoms with Crippen LogP contribution in [-0.2, 0) is 0 Å². The molecule has 0 aliphatic heterocycles. The van der Waals surface area contributed by atoms with Crippen LogP contribution in [0.4, 0.5) is 8.78 Å². The zero-order valence-corrected chi connectivity index (χ0v) is 11.3. The Kier molecular flexibility index (Phi) is 4.69. The third-order valence-corrected chi connectivity index (χ3v) is 3.03. The lowest BCUT2D eigenvalue weighted by atomic mass is 9.98. The minimum Gasteiger partial charge on any atom is -0.493 e. The van der Waals surface area contributed by atoms with Crippen LogP contribution in [0.5, 0.6) is 5.75 Å². The Morgan fingerprint density at radius 1 is 1.05 bits per heavy atom. The first-order chi connectivity index (χ1) is 9.65. The van der Waals surface area contributed by atoms with Crippen LogP contribution >= 0.6 is 0 Å². The molecule has 1 atom stereocenters. The largest absolute Gasteiger partial charge is 0.493 e. The molecule has 0 bridgehead atoms. The van der Waals surface area contributed by atoms with E-state index < -0.39 is 17.7 Å². The molecule has 106 valence electrons. The maximum atomic E-state index is 13.8. The third-order valence-electron chi connectivity index (χ3n) is 3.03. The van der Waals surface area contributed by atoms with Gasteiger partial charge in [-0.2, -0.15) is 0 Å². The molecule has 2 nitrogen and oxygen atoms in total. The van der Waals surface area contributed by atoms with Crippen molar-refractivity contribution in [2.45, 2.75) is 19.4 Å². The summed E-state index contributed by atoms with van der Waals surface area (Å²) < 4.78 is 32.7. The van der Waals surface area contributed by atoms with Crippen LogP contribution in [0.3, 0.4) is 0 Å². The molecule has 2 rings (SSSR count). The summed E-state index contributed by atoms with van der Waals surface area (Å²) in [6.07, 6.45) is 0.859. The molecule has 20 heavy (non-hydrogen) atoms. The van der Waals surface area contributed by atoms with Crippen molar-refractivity contribution < 1.29 is 13.5 Å². The van der Waals surface area contributed by atoms with Gasteiger partial charge in [-0.25, -0.2) is 8.78 Å². The molecule has 0 heterocycles. The number of halogens is 2. The maximum absolute atomic E-state index is 13.8. The first-order valence-corrected chi connectivity index (χ1v) is 6.56. The van der Waals surface area contributed by atoms with Gasteiger partial charge in [-0.05, 0) is 18.6 Å². The second-order valence-electron chi connectivity index (χ2n) is 4.51. The van der Waals surface area contributed by atoms with Gasteiger partial charge in [-0.3, -0.25) is 0 Å². The van der Waals surface area contributed by atoms with Crippen molar-refractivity contribution in [1.29, 1.82) is 0 Å². The molecule has 4 heteroatoms. The molecule has 0 aromatic heterocycles. The van der Waals surface area contributed by atoms with E-state index in [2.05, 4.69) is 0 Å². The quantitative estimate of drug-likeness (QED) is 0.902. The highest BCUT2D eigenvalue weighted by Crippen LogP contribution is 2.30. The molecule has 1 unspecified atom stereocenters. The van der Waals surface area contributed by atoms with Gasteiger partial charge in [0, 0.05) is 11.1 Å². The zero-order chi connectivity index (χ0) is 14.5. The summed E-state index contributed by atoms with van der Waals surface area (Å²) >= 11 is 0. The molecule has 0 radical (unpaired) electrons. The maximum Gasteiger partial charge on any atom is 0.163 e. The van der Waals surface area contributed by atoms with Crippen molar-refractivity contribution in [2.24, 2.45) is 5.73 Å². The van der Waals surface area contributed by atoms with Gasteiger partial charge in [0.25, 0.3) is 0 Å². The second-order valence-corrected chi connectivity index (χ2v) is 4.51. The second kappa shape index (κ2) is 6.48. The summed E-state index contributed by atoms with van der Waals surface area (Å²) in [7, 11) is 0. The SMILES string of the molecule is CCCOc1ccccc1C(N)c1cccc(F)c1F. The number of benzene rings is 2. The van der Waals surface area contributed by atoms with Crippen LogP contribution in [0.2, 0.25) is 0 Å². The summed E-state index contributed by atoms with van der Waals surface area (Å²) in [4.78, 5) is 0. The lowest BCUT2D eigenvalue weighted by molar-refractivity contribution is 0.313. The van der Waals surface area contributed by atoms with Gasteiger partial charge in [0.05, 0.1) is 12.6 Å². The van der Waals surface area contributed by atoms with E-state index in [9.17, 15) is 8.78 Å². The van der Waals surface area contributed by atoms with Crippen molar-refractivity contribution in [3.8, 4) is 5.75 Å². The fourth-order valence-corrected chi connectivity index (χ4v) is 2.01. The molecule has 0 aliphatic carbocycles. The average molecular weight is 277 g/mol. The molecule has 0 amide bonds. The van der Waals surface area contributed by atoms with E-state index in [1.54, 1.807) is 18.2 Å². The molecule has 2 aromatic carbocycles. The van der Waals surface area contributed by atoms with Crippen molar-refractivity contribution in [3.05, 3.63) is 65.2 Å². The van der Waals surface area contributed by atoms with E-state index in [-0.39, 0.29) is 5.56 Å². The number of hydrogen-bond acceptors (Lipinski definition) is 2. The van der Waals surface area contributed by atoms with Gasteiger partial charge < -0.3 is 10.5 Å². The summed E-state index contributed by atoms with van der Waals surface area (Å²) in [6, 6.07) is 10.4. The van der Waals surface area contributed by atoms with Gasteiger partial charge in [0.1, 0.15) is 5.75 Å². The van der Waals surface area contributed by atoms with Crippen LogP contribution in [0.15, 0.2) is 42.5 Å². The highest BCUT2D eigenvalue weighted by atomic mass is 19.2. The van der Waals surface area contributed by atoms with E-state index in [1.165, 1.54) is 12.1 Å². The van der Waals surface area contributed by atoms with Crippen molar-refractivity contribution in [1.82, 2.24) is 0 Å². The van der Waals surface area contributed by atoms with E-state index >= 15 is 0 Å². The number of hydrogen-bond donors (Lipinski definition) is 1. The standard InChI is InChI=1S/C16H17F2NO/c1-2-10-20-14-9-4-3-6-11(14)16(19)12-7-5-8-13(17)15(12)18/h3-9,16H,2,10,19H2,1H3. The number of para-hydroxylation sites is 1. The summed E-state index contributed by atoms with van der Waals surface area (Å²) in [5.74, 6) is -1.21. The zero-order valence-electron chi connectivity index (χ0n) is 11.3. The Labute approximate surface area is 117 Å². The predicted octanol–water partition coefficient (Wildman–Crippen LogP) is 3.80. The minimum atomic E-state index is -0.912. The predicted molar refractivity (Wildman–Crippen MR) is 74.6 cm³/mol. The number of ether oxygens (including phenoxy) is 1. The van der Waals surface area contributed by atoms with Gasteiger partial charge in [-0.15, -0.1) is 0 Å². The third kappa shape index (κ3) is 2.96. The van der Waals surface area contributed by atoms with Crippen molar-refractivity contribution in [3.63, 3.8) is 0 Å². The van der Waals surface area contributed by atoms with Gasteiger partial charge in [0.15, 0.2) is 11.6 Å². The van der Waals surface area contributed by atoms with Crippen LogP contribution in [0.1, 0.15) is 30.5 Å². The number of nitrogens with two attached hydrogens (primary N) is 1. The highest BCUT2D eigenvalue weighted by molar-refractivity contribution is 5.41. The molecule has 0 fully saturated rings. The lowest BCUT2D eigenvalue weighted by Crippen LogP contribution is -2.16. The monoisotopic (exact) mass is 277 g/mol.